The first-order valence-electron chi connectivity index (χ1n) is 7.19. The van der Waals surface area contributed by atoms with E-state index in [1.165, 1.54) is 36.3 Å². The van der Waals surface area contributed by atoms with Crippen LogP contribution in [0.1, 0.15) is 42.4 Å². The molecule has 1 aromatic rings. The summed E-state index contributed by atoms with van der Waals surface area (Å²) in [5.41, 5.74) is 8.61. The zero-order valence-electron chi connectivity index (χ0n) is 11.6. The molecule has 0 radical (unpaired) electrons. The van der Waals surface area contributed by atoms with E-state index in [1.807, 2.05) is 11.8 Å². The Kier molecular flexibility index (Phi) is 3.93. The summed E-state index contributed by atoms with van der Waals surface area (Å²) in [6.45, 7) is 1.11. The Bertz CT molecular complexity index is 463. The van der Waals surface area contributed by atoms with Crippen molar-refractivity contribution in [2.45, 2.75) is 38.1 Å². The number of aryl methyl sites for hydroxylation is 1. The van der Waals surface area contributed by atoms with E-state index in [-0.39, 0.29) is 0 Å². The van der Waals surface area contributed by atoms with Crippen LogP contribution < -0.4 is 5.73 Å². The van der Waals surface area contributed by atoms with Crippen molar-refractivity contribution in [1.29, 1.82) is 0 Å². The van der Waals surface area contributed by atoms with Crippen LogP contribution in [0.2, 0.25) is 0 Å². The Balaban J connectivity index is 1.94. The Labute approximate surface area is 119 Å². The first-order chi connectivity index (χ1) is 9.25. The predicted octanol–water partition coefficient (Wildman–Crippen LogP) is 2.05. The molecule has 19 heavy (non-hydrogen) atoms. The Morgan fingerprint density at radius 3 is 2.89 bits per heavy atom. The summed E-state index contributed by atoms with van der Waals surface area (Å²) < 4.78 is 0. The van der Waals surface area contributed by atoms with E-state index in [0.29, 0.717) is 6.04 Å². The van der Waals surface area contributed by atoms with Crippen LogP contribution in [0.5, 0.6) is 0 Å². The number of rotatable bonds is 1. The van der Waals surface area contributed by atoms with Gasteiger partial charge in [-0.05, 0) is 32.7 Å². The quantitative estimate of drug-likeness (QED) is 0.797. The maximum Gasteiger partial charge on any atom is 0.148 e. The number of fused-ring (bicyclic) bond motifs is 1. The monoisotopic (exact) mass is 278 g/mol. The average Bonchev–Trinajstić information content (AvgIpc) is 2.65. The topological polar surface area (TPSA) is 55.0 Å². The van der Waals surface area contributed by atoms with E-state index < -0.39 is 0 Å². The molecule has 0 bridgehead atoms. The smallest absolute Gasteiger partial charge is 0.148 e. The molecule has 0 aromatic carbocycles. The number of hydrogen-bond acceptors (Lipinski definition) is 5. The van der Waals surface area contributed by atoms with Gasteiger partial charge in [-0.15, -0.1) is 0 Å². The average molecular weight is 278 g/mol. The van der Waals surface area contributed by atoms with Gasteiger partial charge >= 0.3 is 0 Å². The highest BCUT2D eigenvalue weighted by molar-refractivity contribution is 7.99. The Morgan fingerprint density at radius 2 is 2.05 bits per heavy atom. The third-order valence-corrected chi connectivity index (χ3v) is 5.20. The number of nitrogens with zero attached hydrogens (tertiary/aromatic N) is 3. The van der Waals surface area contributed by atoms with Gasteiger partial charge in [0.1, 0.15) is 11.6 Å². The number of hydrogen-bond donors (Lipinski definition) is 1. The molecule has 1 unspecified atom stereocenters. The molecule has 1 aliphatic carbocycles. The summed E-state index contributed by atoms with van der Waals surface area (Å²) in [5.74, 6) is 3.95. The van der Waals surface area contributed by atoms with Crippen LogP contribution in [0, 0.1) is 0 Å². The lowest BCUT2D eigenvalue weighted by Crippen LogP contribution is -2.34. The van der Waals surface area contributed by atoms with E-state index in [0.717, 1.165) is 36.8 Å². The van der Waals surface area contributed by atoms with Gasteiger partial charge in [-0.1, -0.05) is 6.42 Å². The minimum atomic E-state index is 0.328. The molecule has 2 heterocycles. The van der Waals surface area contributed by atoms with E-state index in [9.17, 15) is 0 Å². The molecular formula is C14H22N4S. The van der Waals surface area contributed by atoms with Gasteiger partial charge in [0.25, 0.3) is 0 Å². The van der Waals surface area contributed by atoms with Crippen molar-refractivity contribution >= 4 is 17.6 Å². The highest BCUT2D eigenvalue weighted by Crippen LogP contribution is 2.29. The summed E-state index contributed by atoms with van der Waals surface area (Å²) in [6.07, 6.45) is 5.86. The van der Waals surface area contributed by atoms with Crippen LogP contribution in [0.3, 0.4) is 0 Å². The van der Waals surface area contributed by atoms with Crippen LogP contribution in [0.15, 0.2) is 0 Å². The lowest BCUT2D eigenvalue weighted by molar-refractivity contribution is 0.264. The van der Waals surface area contributed by atoms with Gasteiger partial charge in [0.2, 0.25) is 0 Å². The number of anilines is 1. The molecule has 0 saturated carbocycles. The number of thioether (sulfide) groups is 1. The first kappa shape index (κ1) is 13.2. The summed E-state index contributed by atoms with van der Waals surface area (Å²) in [4.78, 5) is 11.8. The van der Waals surface area contributed by atoms with Crippen molar-refractivity contribution in [2.75, 3.05) is 30.8 Å². The molecule has 4 nitrogen and oxygen atoms in total. The normalized spacial score (nSPS) is 24.8. The fraction of sp³-hybridized carbons (Fsp3) is 0.714. The number of nitrogens with two attached hydrogens (primary N) is 1. The van der Waals surface area contributed by atoms with Crippen LogP contribution in [0.4, 0.5) is 5.82 Å². The van der Waals surface area contributed by atoms with Crippen molar-refractivity contribution in [3.05, 3.63) is 17.1 Å². The lowest BCUT2D eigenvalue weighted by Gasteiger charge is -2.31. The van der Waals surface area contributed by atoms with Gasteiger partial charge in [-0.2, -0.15) is 11.8 Å². The molecule has 5 heteroatoms. The number of aromatic nitrogens is 2. The second-order valence-corrected chi connectivity index (χ2v) is 6.67. The maximum absolute atomic E-state index is 6.19. The molecule has 1 atom stereocenters. The van der Waals surface area contributed by atoms with Crippen molar-refractivity contribution in [1.82, 2.24) is 14.9 Å². The molecule has 104 valence electrons. The molecule has 0 spiro atoms. The van der Waals surface area contributed by atoms with Crippen molar-refractivity contribution in [3.63, 3.8) is 0 Å². The van der Waals surface area contributed by atoms with Crippen LogP contribution in [-0.2, 0) is 12.8 Å². The minimum absolute atomic E-state index is 0.328. The van der Waals surface area contributed by atoms with E-state index >= 15 is 0 Å². The van der Waals surface area contributed by atoms with Gasteiger partial charge in [0.05, 0.1) is 6.04 Å². The molecule has 1 aliphatic heterocycles. The molecule has 1 fully saturated rings. The van der Waals surface area contributed by atoms with Gasteiger partial charge in [-0.25, -0.2) is 9.97 Å². The standard InChI is InChI=1S/C14H22N4S/c1-18-7-8-19-9-12(18)14-16-11-6-4-2-3-5-10(11)13(15)17-14/h12H,2-9H2,1H3,(H2,15,16,17). The van der Waals surface area contributed by atoms with Gasteiger partial charge in [0, 0.05) is 29.3 Å². The highest BCUT2D eigenvalue weighted by Gasteiger charge is 2.25. The summed E-state index contributed by atoms with van der Waals surface area (Å²) in [6, 6.07) is 0.328. The van der Waals surface area contributed by atoms with Crippen LogP contribution in [0.25, 0.3) is 0 Å². The third kappa shape index (κ3) is 2.72. The van der Waals surface area contributed by atoms with Gasteiger partial charge in [0.15, 0.2) is 0 Å². The van der Waals surface area contributed by atoms with Crippen LogP contribution in [-0.4, -0.2) is 40.0 Å². The van der Waals surface area contributed by atoms with Gasteiger partial charge < -0.3 is 5.73 Å². The fourth-order valence-corrected chi connectivity index (χ4v) is 4.14. The van der Waals surface area contributed by atoms with Crippen molar-refractivity contribution in [3.8, 4) is 0 Å². The molecule has 1 aromatic heterocycles. The van der Waals surface area contributed by atoms with Gasteiger partial charge in [-0.3, -0.25) is 4.90 Å². The van der Waals surface area contributed by atoms with E-state index in [2.05, 4.69) is 16.9 Å². The summed E-state index contributed by atoms with van der Waals surface area (Å²) in [5, 5.41) is 0. The van der Waals surface area contributed by atoms with E-state index in [1.54, 1.807) is 0 Å². The van der Waals surface area contributed by atoms with Crippen molar-refractivity contribution in [2.24, 2.45) is 0 Å². The first-order valence-corrected chi connectivity index (χ1v) is 8.34. The largest absolute Gasteiger partial charge is 0.383 e. The SMILES string of the molecule is CN1CCSCC1c1nc(N)c2c(n1)CCCCC2. The third-order valence-electron chi connectivity index (χ3n) is 4.18. The molecule has 1 saturated heterocycles. The zero-order valence-corrected chi connectivity index (χ0v) is 12.4. The molecule has 2 N–H and O–H groups in total. The minimum Gasteiger partial charge on any atom is -0.383 e. The summed E-state index contributed by atoms with van der Waals surface area (Å²) >= 11 is 1.99. The molecular weight excluding hydrogens is 256 g/mol. The van der Waals surface area contributed by atoms with Crippen molar-refractivity contribution < 1.29 is 0 Å². The Morgan fingerprint density at radius 1 is 1.21 bits per heavy atom. The second-order valence-electron chi connectivity index (χ2n) is 5.52. The molecule has 2 aliphatic rings. The molecule has 3 rings (SSSR count). The second kappa shape index (κ2) is 5.67. The molecule has 0 amide bonds. The lowest BCUT2D eigenvalue weighted by atomic mass is 10.1. The Hall–Kier alpha value is -0.810. The highest BCUT2D eigenvalue weighted by atomic mass is 32.2. The summed E-state index contributed by atoms with van der Waals surface area (Å²) in [7, 11) is 2.16. The van der Waals surface area contributed by atoms with Crippen LogP contribution >= 0.6 is 11.8 Å². The predicted molar refractivity (Wildman–Crippen MR) is 80.4 cm³/mol. The maximum atomic E-state index is 6.19. The van der Waals surface area contributed by atoms with E-state index in [4.69, 9.17) is 10.7 Å². The number of nitrogen functional groups attached to an aromatic ring is 1. The fourth-order valence-electron chi connectivity index (χ4n) is 2.93. The zero-order chi connectivity index (χ0) is 13.2.